The van der Waals surface area contributed by atoms with E-state index in [1.807, 2.05) is 0 Å². The number of amides is 2. The van der Waals surface area contributed by atoms with Crippen LogP contribution in [0.3, 0.4) is 0 Å². The van der Waals surface area contributed by atoms with E-state index in [1.54, 1.807) is 18.3 Å². The Hall–Kier alpha value is -1.79. The first-order chi connectivity index (χ1) is 9.46. The number of urea groups is 1. The zero-order valence-electron chi connectivity index (χ0n) is 10.9. The van der Waals surface area contributed by atoms with E-state index in [9.17, 15) is 18.0 Å². The van der Waals surface area contributed by atoms with Crippen molar-refractivity contribution < 1.29 is 18.0 Å². The lowest BCUT2D eigenvalue weighted by atomic mass is 9.91. The highest BCUT2D eigenvalue weighted by Crippen LogP contribution is 2.28. The van der Waals surface area contributed by atoms with Gasteiger partial charge in [0.2, 0.25) is 0 Å². The molecule has 1 heterocycles. The smallest absolute Gasteiger partial charge is 0.321 e. The molecule has 1 aromatic heterocycles. The summed E-state index contributed by atoms with van der Waals surface area (Å²) >= 11 is 0. The standard InChI is InChI=1S/C13H16F3N3O/c14-13(15,16)6-8-19(11-4-1-5-11)12(20)18-10-3-2-7-17-9-10/h2-3,7,9,11H,1,4-6,8H2,(H,18,20). The summed E-state index contributed by atoms with van der Waals surface area (Å²) < 4.78 is 37.0. The van der Waals surface area contributed by atoms with Gasteiger partial charge >= 0.3 is 12.2 Å². The van der Waals surface area contributed by atoms with E-state index >= 15 is 0 Å². The first-order valence-corrected chi connectivity index (χ1v) is 6.50. The van der Waals surface area contributed by atoms with E-state index in [2.05, 4.69) is 10.3 Å². The Kier molecular flexibility index (Phi) is 4.46. The third-order valence-corrected chi connectivity index (χ3v) is 3.33. The van der Waals surface area contributed by atoms with Gasteiger partial charge in [0, 0.05) is 18.8 Å². The molecule has 20 heavy (non-hydrogen) atoms. The van der Waals surface area contributed by atoms with E-state index < -0.39 is 18.6 Å². The Morgan fingerprint density at radius 2 is 2.20 bits per heavy atom. The van der Waals surface area contributed by atoms with Gasteiger partial charge < -0.3 is 10.2 Å². The van der Waals surface area contributed by atoms with Crippen LogP contribution < -0.4 is 5.32 Å². The third-order valence-electron chi connectivity index (χ3n) is 3.33. The van der Waals surface area contributed by atoms with Crippen molar-refractivity contribution in [1.82, 2.24) is 9.88 Å². The number of anilines is 1. The van der Waals surface area contributed by atoms with E-state index in [4.69, 9.17) is 0 Å². The van der Waals surface area contributed by atoms with E-state index in [0.29, 0.717) is 5.69 Å². The minimum Gasteiger partial charge on any atom is -0.321 e. The molecule has 1 aliphatic rings. The number of pyridine rings is 1. The van der Waals surface area contributed by atoms with Crippen molar-refractivity contribution >= 4 is 11.7 Å². The number of nitrogens with one attached hydrogen (secondary N) is 1. The van der Waals surface area contributed by atoms with Crippen LogP contribution in [0.4, 0.5) is 23.7 Å². The first-order valence-electron chi connectivity index (χ1n) is 6.50. The molecule has 110 valence electrons. The molecule has 0 spiro atoms. The van der Waals surface area contributed by atoms with Crippen LogP contribution in [-0.4, -0.2) is 34.7 Å². The lowest BCUT2D eigenvalue weighted by Gasteiger charge is -2.37. The number of carbonyl (C=O) groups is 1. The fraction of sp³-hybridized carbons (Fsp3) is 0.538. The number of alkyl halides is 3. The van der Waals surface area contributed by atoms with Crippen LogP contribution in [0.25, 0.3) is 0 Å². The van der Waals surface area contributed by atoms with Crippen molar-refractivity contribution in [2.45, 2.75) is 37.9 Å². The third kappa shape index (κ3) is 4.11. The topological polar surface area (TPSA) is 45.2 Å². The molecule has 1 fully saturated rings. The zero-order valence-corrected chi connectivity index (χ0v) is 10.9. The lowest BCUT2D eigenvalue weighted by Crippen LogP contribution is -2.47. The van der Waals surface area contributed by atoms with Crippen LogP contribution in [0.5, 0.6) is 0 Å². The van der Waals surface area contributed by atoms with Gasteiger partial charge in [0.1, 0.15) is 0 Å². The monoisotopic (exact) mass is 287 g/mol. The van der Waals surface area contributed by atoms with Gasteiger partial charge in [-0.2, -0.15) is 13.2 Å². The number of aromatic nitrogens is 1. The highest BCUT2D eigenvalue weighted by molar-refractivity contribution is 5.89. The summed E-state index contributed by atoms with van der Waals surface area (Å²) in [5.74, 6) is 0. The molecule has 0 atom stereocenters. The number of carbonyl (C=O) groups excluding carboxylic acids is 1. The van der Waals surface area contributed by atoms with Gasteiger partial charge in [-0.25, -0.2) is 4.79 Å². The van der Waals surface area contributed by atoms with Gasteiger partial charge in [-0.1, -0.05) is 0 Å². The van der Waals surface area contributed by atoms with Crippen LogP contribution in [0, 0.1) is 0 Å². The fourth-order valence-electron chi connectivity index (χ4n) is 2.03. The minimum absolute atomic E-state index is 0.0889. The second-order valence-corrected chi connectivity index (χ2v) is 4.82. The molecule has 4 nitrogen and oxygen atoms in total. The Labute approximate surface area is 115 Å². The van der Waals surface area contributed by atoms with Crippen molar-refractivity contribution in [2.75, 3.05) is 11.9 Å². The van der Waals surface area contributed by atoms with Crippen molar-refractivity contribution in [2.24, 2.45) is 0 Å². The largest absolute Gasteiger partial charge is 0.390 e. The fourth-order valence-corrected chi connectivity index (χ4v) is 2.03. The Bertz CT molecular complexity index is 446. The number of nitrogens with zero attached hydrogens (tertiary/aromatic N) is 2. The van der Waals surface area contributed by atoms with Gasteiger partial charge in [0.25, 0.3) is 0 Å². The molecule has 0 saturated heterocycles. The highest BCUT2D eigenvalue weighted by atomic mass is 19.4. The van der Waals surface area contributed by atoms with Gasteiger partial charge in [0.05, 0.1) is 18.3 Å². The predicted octanol–water partition coefficient (Wildman–Crippen LogP) is 3.42. The number of halogens is 3. The zero-order chi connectivity index (χ0) is 14.6. The molecule has 1 aliphatic carbocycles. The molecule has 0 aromatic carbocycles. The second-order valence-electron chi connectivity index (χ2n) is 4.82. The van der Waals surface area contributed by atoms with Gasteiger partial charge in [0.15, 0.2) is 0 Å². The average Bonchev–Trinajstić information content (AvgIpc) is 2.32. The van der Waals surface area contributed by atoms with Crippen molar-refractivity contribution in [3.05, 3.63) is 24.5 Å². The summed E-state index contributed by atoms with van der Waals surface area (Å²) in [6.07, 6.45) is 0.258. The van der Waals surface area contributed by atoms with Crippen molar-refractivity contribution in [3.8, 4) is 0 Å². The van der Waals surface area contributed by atoms with Gasteiger partial charge in [-0.05, 0) is 31.4 Å². The van der Waals surface area contributed by atoms with Crippen LogP contribution in [0.1, 0.15) is 25.7 Å². The van der Waals surface area contributed by atoms with E-state index in [-0.39, 0.29) is 12.6 Å². The Morgan fingerprint density at radius 3 is 2.70 bits per heavy atom. The maximum Gasteiger partial charge on any atom is 0.390 e. The molecule has 0 aliphatic heterocycles. The normalized spacial score (nSPS) is 15.6. The molecule has 7 heteroatoms. The molecular formula is C13H16F3N3O. The molecule has 0 unspecified atom stereocenters. The summed E-state index contributed by atoms with van der Waals surface area (Å²) in [6.45, 7) is -0.305. The predicted molar refractivity (Wildman–Crippen MR) is 68.3 cm³/mol. The quantitative estimate of drug-likeness (QED) is 0.922. The van der Waals surface area contributed by atoms with E-state index in [1.165, 1.54) is 11.1 Å². The van der Waals surface area contributed by atoms with E-state index in [0.717, 1.165) is 19.3 Å². The second kappa shape index (κ2) is 6.11. The average molecular weight is 287 g/mol. The summed E-state index contributed by atoms with van der Waals surface area (Å²) in [6, 6.07) is 2.72. The van der Waals surface area contributed by atoms with Gasteiger partial charge in [-0.15, -0.1) is 0 Å². The van der Waals surface area contributed by atoms with Crippen LogP contribution >= 0.6 is 0 Å². The molecule has 0 bridgehead atoms. The molecule has 0 radical (unpaired) electrons. The van der Waals surface area contributed by atoms with Crippen LogP contribution in [0.2, 0.25) is 0 Å². The molecule has 1 saturated carbocycles. The summed E-state index contributed by atoms with van der Waals surface area (Å²) in [5, 5.41) is 2.58. The van der Waals surface area contributed by atoms with Crippen LogP contribution in [-0.2, 0) is 0 Å². The maximum atomic E-state index is 12.3. The Morgan fingerprint density at radius 1 is 1.45 bits per heavy atom. The lowest BCUT2D eigenvalue weighted by molar-refractivity contribution is -0.137. The van der Waals surface area contributed by atoms with Crippen molar-refractivity contribution in [3.63, 3.8) is 0 Å². The number of rotatable bonds is 4. The van der Waals surface area contributed by atoms with Crippen molar-refractivity contribution in [1.29, 1.82) is 0 Å². The molecule has 1 aromatic rings. The number of hydrogen-bond acceptors (Lipinski definition) is 2. The van der Waals surface area contributed by atoms with Gasteiger partial charge in [-0.3, -0.25) is 4.98 Å². The summed E-state index contributed by atoms with van der Waals surface area (Å²) in [4.78, 5) is 17.2. The SMILES string of the molecule is O=C(Nc1cccnc1)N(CCC(F)(F)F)C1CCC1. The molecular weight excluding hydrogens is 271 g/mol. The molecule has 2 amide bonds. The molecule has 2 rings (SSSR count). The Balaban J connectivity index is 1.97. The first kappa shape index (κ1) is 14.6. The maximum absolute atomic E-state index is 12.3. The highest BCUT2D eigenvalue weighted by Gasteiger charge is 2.33. The minimum atomic E-state index is -4.25. The summed E-state index contributed by atoms with van der Waals surface area (Å²) in [5.41, 5.74) is 0.480. The van der Waals surface area contributed by atoms with Crippen LogP contribution in [0.15, 0.2) is 24.5 Å². The molecule has 1 N–H and O–H groups in total. The summed E-state index contributed by atoms with van der Waals surface area (Å²) in [7, 11) is 0. The number of hydrogen-bond donors (Lipinski definition) is 1.